The minimum atomic E-state index is -0.458. The van der Waals surface area contributed by atoms with Gasteiger partial charge in [0.15, 0.2) is 0 Å². The Morgan fingerprint density at radius 2 is 2.12 bits per heavy atom. The summed E-state index contributed by atoms with van der Waals surface area (Å²) in [5.41, 5.74) is 0.565. The van der Waals surface area contributed by atoms with Crippen LogP contribution in [0.15, 0.2) is 18.2 Å². The topological polar surface area (TPSA) is 63.4 Å². The first-order valence-electron chi connectivity index (χ1n) is 4.83. The van der Waals surface area contributed by atoms with Gasteiger partial charge in [-0.25, -0.2) is 0 Å². The van der Waals surface area contributed by atoms with Crippen molar-refractivity contribution in [1.82, 2.24) is 4.90 Å². The average Bonchev–Trinajstić information content (AvgIpc) is 2.14. The van der Waals surface area contributed by atoms with Crippen molar-refractivity contribution < 1.29 is 9.72 Å². The number of nitrogens with zero attached hydrogens (tertiary/aromatic N) is 2. The molecular formula is C10H9IN2O3. The molecule has 2 rings (SSSR count). The highest BCUT2D eigenvalue weighted by molar-refractivity contribution is 14.1. The Labute approximate surface area is 106 Å². The maximum absolute atomic E-state index is 11.9. The van der Waals surface area contributed by atoms with Crippen LogP contribution in [-0.4, -0.2) is 28.8 Å². The van der Waals surface area contributed by atoms with E-state index in [1.54, 1.807) is 4.90 Å². The van der Waals surface area contributed by atoms with Gasteiger partial charge in [0.25, 0.3) is 11.6 Å². The fourth-order valence-electron chi connectivity index (χ4n) is 1.48. The van der Waals surface area contributed by atoms with E-state index >= 15 is 0 Å². The number of non-ortho nitro benzene ring substituents is 1. The number of nitro groups is 1. The van der Waals surface area contributed by atoms with E-state index in [0.717, 1.165) is 19.5 Å². The molecule has 1 saturated heterocycles. The molecule has 0 spiro atoms. The highest BCUT2D eigenvalue weighted by Gasteiger charge is 2.24. The lowest BCUT2D eigenvalue weighted by Crippen LogP contribution is -2.42. The predicted octanol–water partition coefficient (Wildman–Crippen LogP) is 2.05. The molecule has 0 aliphatic carbocycles. The number of hydrogen-bond acceptors (Lipinski definition) is 3. The number of hydrogen-bond donors (Lipinski definition) is 0. The molecule has 5 nitrogen and oxygen atoms in total. The summed E-state index contributed by atoms with van der Waals surface area (Å²) >= 11 is 1.96. The monoisotopic (exact) mass is 332 g/mol. The average molecular weight is 332 g/mol. The summed E-state index contributed by atoms with van der Waals surface area (Å²) in [5, 5.41) is 10.5. The van der Waals surface area contributed by atoms with Gasteiger partial charge >= 0.3 is 0 Å². The number of carbonyl (C=O) groups is 1. The van der Waals surface area contributed by atoms with Gasteiger partial charge in [0.1, 0.15) is 0 Å². The molecule has 6 heteroatoms. The van der Waals surface area contributed by atoms with E-state index in [0.29, 0.717) is 9.13 Å². The van der Waals surface area contributed by atoms with Crippen LogP contribution in [0.2, 0.25) is 0 Å². The van der Waals surface area contributed by atoms with Crippen molar-refractivity contribution in [3.8, 4) is 0 Å². The minimum absolute atomic E-state index is 0.0181. The van der Waals surface area contributed by atoms with Gasteiger partial charge in [-0.05, 0) is 35.1 Å². The van der Waals surface area contributed by atoms with Gasteiger partial charge < -0.3 is 4.90 Å². The fourth-order valence-corrected chi connectivity index (χ4v) is 2.21. The second-order valence-electron chi connectivity index (χ2n) is 3.57. The summed E-state index contributed by atoms with van der Waals surface area (Å²) < 4.78 is 0.628. The van der Waals surface area contributed by atoms with Crippen molar-refractivity contribution in [3.63, 3.8) is 0 Å². The summed E-state index contributed by atoms with van der Waals surface area (Å²) in [5.74, 6) is -0.0365. The molecule has 0 aromatic heterocycles. The van der Waals surface area contributed by atoms with Gasteiger partial charge in [-0.2, -0.15) is 0 Å². The maximum atomic E-state index is 11.9. The van der Waals surface area contributed by atoms with Crippen molar-refractivity contribution in [2.45, 2.75) is 6.42 Å². The Morgan fingerprint density at radius 3 is 2.56 bits per heavy atom. The second kappa shape index (κ2) is 4.36. The van der Waals surface area contributed by atoms with E-state index in [1.165, 1.54) is 18.2 Å². The Bertz CT molecular complexity index is 457. The standard InChI is InChI=1S/C10H9IN2O3/c11-9-6-7(13(15)16)2-3-8(9)10(14)12-4-1-5-12/h2-3,6H,1,4-5H2. The molecule has 1 amide bonds. The minimum Gasteiger partial charge on any atom is -0.338 e. The summed E-state index contributed by atoms with van der Waals surface area (Å²) in [6.45, 7) is 1.57. The van der Waals surface area contributed by atoms with E-state index in [1.807, 2.05) is 22.6 Å². The van der Waals surface area contributed by atoms with E-state index in [2.05, 4.69) is 0 Å². The second-order valence-corrected chi connectivity index (χ2v) is 4.73. The van der Waals surface area contributed by atoms with Gasteiger partial charge in [0, 0.05) is 28.8 Å². The molecule has 16 heavy (non-hydrogen) atoms. The van der Waals surface area contributed by atoms with Crippen LogP contribution < -0.4 is 0 Å². The zero-order chi connectivity index (χ0) is 11.7. The SMILES string of the molecule is O=C(c1ccc([N+](=O)[O-])cc1I)N1CCC1. The summed E-state index contributed by atoms with van der Waals surface area (Å²) in [4.78, 5) is 23.7. The lowest BCUT2D eigenvalue weighted by atomic mass is 10.1. The third-order valence-electron chi connectivity index (χ3n) is 2.54. The van der Waals surface area contributed by atoms with Crippen LogP contribution in [-0.2, 0) is 0 Å². The molecule has 0 saturated carbocycles. The van der Waals surface area contributed by atoms with Crippen LogP contribution in [0.5, 0.6) is 0 Å². The number of rotatable bonds is 2. The molecular weight excluding hydrogens is 323 g/mol. The largest absolute Gasteiger partial charge is 0.338 e. The first kappa shape index (κ1) is 11.3. The first-order valence-corrected chi connectivity index (χ1v) is 5.90. The van der Waals surface area contributed by atoms with Crippen LogP contribution >= 0.6 is 22.6 Å². The lowest BCUT2D eigenvalue weighted by molar-refractivity contribution is -0.384. The zero-order valence-corrected chi connectivity index (χ0v) is 10.5. The fraction of sp³-hybridized carbons (Fsp3) is 0.300. The Morgan fingerprint density at radius 1 is 1.44 bits per heavy atom. The number of likely N-dealkylation sites (tertiary alicyclic amines) is 1. The zero-order valence-electron chi connectivity index (χ0n) is 8.35. The van der Waals surface area contributed by atoms with Gasteiger partial charge in [-0.15, -0.1) is 0 Å². The van der Waals surface area contributed by atoms with Gasteiger partial charge in [-0.1, -0.05) is 0 Å². The van der Waals surface area contributed by atoms with Crippen molar-refractivity contribution >= 4 is 34.2 Å². The van der Waals surface area contributed by atoms with Crippen molar-refractivity contribution in [1.29, 1.82) is 0 Å². The quantitative estimate of drug-likeness (QED) is 0.473. The molecule has 84 valence electrons. The highest BCUT2D eigenvalue weighted by Crippen LogP contribution is 2.22. The van der Waals surface area contributed by atoms with E-state index in [-0.39, 0.29) is 11.6 Å². The molecule has 1 aromatic rings. The smallest absolute Gasteiger partial charge is 0.270 e. The van der Waals surface area contributed by atoms with E-state index < -0.39 is 4.92 Å². The molecule has 0 N–H and O–H groups in total. The maximum Gasteiger partial charge on any atom is 0.270 e. The number of benzene rings is 1. The molecule has 1 aliphatic rings. The molecule has 1 aromatic carbocycles. The third kappa shape index (κ3) is 2.01. The van der Waals surface area contributed by atoms with Crippen LogP contribution in [0, 0.1) is 13.7 Å². The lowest BCUT2D eigenvalue weighted by Gasteiger charge is -2.31. The van der Waals surface area contributed by atoms with Crippen molar-refractivity contribution in [2.75, 3.05) is 13.1 Å². The van der Waals surface area contributed by atoms with Crippen LogP contribution in [0.1, 0.15) is 16.8 Å². The van der Waals surface area contributed by atoms with Crippen LogP contribution in [0.4, 0.5) is 5.69 Å². The van der Waals surface area contributed by atoms with Crippen molar-refractivity contribution in [3.05, 3.63) is 37.4 Å². The Hall–Kier alpha value is -1.18. The first-order chi connectivity index (χ1) is 7.59. The molecule has 1 heterocycles. The predicted molar refractivity (Wildman–Crippen MR) is 66.3 cm³/mol. The molecule has 0 radical (unpaired) electrons. The molecule has 0 bridgehead atoms. The van der Waals surface area contributed by atoms with Gasteiger partial charge in [-0.3, -0.25) is 14.9 Å². The summed E-state index contributed by atoms with van der Waals surface area (Å²) in [7, 11) is 0. The normalized spacial score (nSPS) is 14.4. The molecule has 1 aliphatic heterocycles. The third-order valence-corrected chi connectivity index (χ3v) is 3.43. The van der Waals surface area contributed by atoms with Crippen LogP contribution in [0.25, 0.3) is 0 Å². The Kier molecular flexibility index (Phi) is 3.08. The molecule has 1 fully saturated rings. The number of halogens is 1. The Balaban J connectivity index is 2.28. The van der Waals surface area contributed by atoms with E-state index in [4.69, 9.17) is 0 Å². The van der Waals surface area contributed by atoms with Crippen molar-refractivity contribution in [2.24, 2.45) is 0 Å². The highest BCUT2D eigenvalue weighted by atomic mass is 127. The summed E-state index contributed by atoms with van der Waals surface area (Å²) in [6, 6.07) is 4.32. The molecule has 0 atom stereocenters. The molecule has 0 unspecified atom stereocenters. The van der Waals surface area contributed by atoms with E-state index in [9.17, 15) is 14.9 Å². The van der Waals surface area contributed by atoms with Gasteiger partial charge in [0.2, 0.25) is 0 Å². The summed E-state index contributed by atoms with van der Waals surface area (Å²) in [6.07, 6.45) is 1.04. The van der Waals surface area contributed by atoms with Gasteiger partial charge in [0.05, 0.1) is 10.5 Å². The van der Waals surface area contributed by atoms with Crippen LogP contribution in [0.3, 0.4) is 0 Å². The number of carbonyl (C=O) groups excluding carboxylic acids is 1. The number of amides is 1. The number of nitro benzene ring substituents is 1.